The number of rotatable bonds is 5. The molecule has 0 heterocycles. The van der Waals surface area contributed by atoms with Crippen molar-refractivity contribution in [1.82, 2.24) is 0 Å². The third kappa shape index (κ3) is 4.00. The quantitative estimate of drug-likeness (QED) is 0.426. The SMILES string of the molecule is CC1=C(Cl)C(=O)C(C(C)C)=CC1=NOS(=O)(=O)c1cccc([N+](=O)[O-])c1. The first-order chi connectivity index (χ1) is 12.0. The second-order valence-electron chi connectivity index (χ2n) is 5.78. The van der Waals surface area contributed by atoms with Crippen LogP contribution in [-0.2, 0) is 19.2 Å². The average molecular weight is 399 g/mol. The maximum Gasteiger partial charge on any atom is 0.358 e. The number of carbonyl (C=O) groups excluding carboxylic acids is 1. The molecule has 1 aliphatic carbocycles. The van der Waals surface area contributed by atoms with Crippen LogP contribution in [0.25, 0.3) is 0 Å². The summed E-state index contributed by atoms with van der Waals surface area (Å²) in [4.78, 5) is 21.8. The Morgan fingerprint density at radius 1 is 1.31 bits per heavy atom. The topological polar surface area (TPSA) is 116 Å². The van der Waals surface area contributed by atoms with Crippen molar-refractivity contribution in [2.45, 2.75) is 25.7 Å². The first kappa shape index (κ1) is 19.8. The van der Waals surface area contributed by atoms with Crippen LogP contribution in [0.2, 0.25) is 0 Å². The zero-order valence-corrected chi connectivity index (χ0v) is 15.7. The Bertz CT molecular complexity index is 976. The molecular weight excluding hydrogens is 384 g/mol. The standard InChI is InChI=1S/C16H15ClN2O6S/c1-9(2)13-8-14(10(3)15(17)16(13)20)18-25-26(23,24)12-6-4-5-11(7-12)19(21)22/h4-9H,1-3H3. The van der Waals surface area contributed by atoms with Crippen LogP contribution in [0.3, 0.4) is 0 Å². The van der Waals surface area contributed by atoms with Crippen LogP contribution in [0, 0.1) is 16.0 Å². The lowest BCUT2D eigenvalue weighted by atomic mass is 9.90. The molecule has 10 heteroatoms. The molecule has 1 aromatic carbocycles. The monoisotopic (exact) mass is 398 g/mol. The summed E-state index contributed by atoms with van der Waals surface area (Å²) in [5.41, 5.74) is 0.338. The number of halogens is 1. The van der Waals surface area contributed by atoms with Crippen LogP contribution in [0.15, 0.2) is 56.6 Å². The molecule has 0 fully saturated rings. The number of nitro benzene ring substituents is 1. The van der Waals surface area contributed by atoms with Gasteiger partial charge in [0.1, 0.15) is 10.6 Å². The fourth-order valence-corrected chi connectivity index (χ4v) is 3.12. The fraction of sp³-hybridized carbons (Fsp3) is 0.250. The van der Waals surface area contributed by atoms with Gasteiger partial charge in [0.2, 0.25) is 5.78 Å². The van der Waals surface area contributed by atoms with Gasteiger partial charge in [0.05, 0.1) is 9.96 Å². The molecule has 0 N–H and O–H groups in total. The summed E-state index contributed by atoms with van der Waals surface area (Å²) in [5.74, 6) is -0.498. The molecular formula is C16H15ClN2O6S. The van der Waals surface area contributed by atoms with E-state index in [0.29, 0.717) is 5.57 Å². The average Bonchev–Trinajstić information content (AvgIpc) is 2.59. The second kappa shape index (κ2) is 7.38. The number of nitro groups is 1. The molecule has 0 saturated heterocycles. The number of ketones is 1. The molecule has 0 amide bonds. The number of allylic oxidation sites excluding steroid dienone is 4. The maximum atomic E-state index is 12.2. The van der Waals surface area contributed by atoms with E-state index in [1.165, 1.54) is 19.1 Å². The van der Waals surface area contributed by atoms with E-state index in [9.17, 15) is 23.3 Å². The highest BCUT2D eigenvalue weighted by atomic mass is 35.5. The van der Waals surface area contributed by atoms with Gasteiger partial charge in [0.25, 0.3) is 5.69 Å². The van der Waals surface area contributed by atoms with Gasteiger partial charge < -0.3 is 0 Å². The summed E-state index contributed by atoms with van der Waals surface area (Å²) >= 11 is 6.00. The highest BCUT2D eigenvalue weighted by Gasteiger charge is 2.27. The van der Waals surface area contributed by atoms with Gasteiger partial charge in [-0.3, -0.25) is 19.2 Å². The lowest BCUT2D eigenvalue weighted by Crippen LogP contribution is -2.19. The van der Waals surface area contributed by atoms with Crippen molar-refractivity contribution >= 4 is 38.9 Å². The summed E-state index contributed by atoms with van der Waals surface area (Å²) in [6.45, 7) is 5.08. The van der Waals surface area contributed by atoms with Gasteiger partial charge in [-0.1, -0.05) is 36.7 Å². The summed E-state index contributed by atoms with van der Waals surface area (Å²) in [6, 6.07) is 4.39. The van der Waals surface area contributed by atoms with Gasteiger partial charge in [-0.2, -0.15) is 8.42 Å². The molecule has 0 radical (unpaired) electrons. The Balaban J connectivity index is 2.39. The van der Waals surface area contributed by atoms with Crippen LogP contribution in [0.5, 0.6) is 0 Å². The van der Waals surface area contributed by atoms with Gasteiger partial charge in [-0.25, -0.2) is 0 Å². The molecule has 2 rings (SSSR count). The molecule has 26 heavy (non-hydrogen) atoms. The van der Waals surface area contributed by atoms with Crippen molar-refractivity contribution in [2.75, 3.05) is 0 Å². The molecule has 0 aromatic heterocycles. The fourth-order valence-electron chi connectivity index (χ4n) is 2.14. The van der Waals surface area contributed by atoms with E-state index < -0.39 is 25.6 Å². The first-order valence-electron chi connectivity index (χ1n) is 7.43. The number of hydrogen-bond acceptors (Lipinski definition) is 7. The molecule has 1 aromatic rings. The predicted molar refractivity (Wildman–Crippen MR) is 95.3 cm³/mol. The van der Waals surface area contributed by atoms with Gasteiger partial charge in [-0.05, 0) is 25.0 Å². The Labute approximate surface area is 155 Å². The van der Waals surface area contributed by atoms with Crippen LogP contribution in [-0.4, -0.2) is 24.8 Å². The summed E-state index contributed by atoms with van der Waals surface area (Å²) < 4.78 is 29.1. The van der Waals surface area contributed by atoms with E-state index in [-0.39, 0.29) is 28.0 Å². The molecule has 0 saturated carbocycles. The molecule has 1 aliphatic rings. The van der Waals surface area contributed by atoms with Crippen molar-refractivity contribution in [3.63, 3.8) is 0 Å². The predicted octanol–water partition coefficient (Wildman–Crippen LogP) is 3.33. The molecule has 0 spiro atoms. The van der Waals surface area contributed by atoms with Crippen LogP contribution in [0.1, 0.15) is 20.8 Å². The van der Waals surface area contributed by atoms with E-state index in [1.807, 2.05) is 0 Å². The lowest BCUT2D eigenvalue weighted by Gasteiger charge is -2.17. The normalized spacial score (nSPS) is 16.9. The Kier molecular flexibility index (Phi) is 5.62. The van der Waals surface area contributed by atoms with E-state index in [1.54, 1.807) is 13.8 Å². The van der Waals surface area contributed by atoms with E-state index >= 15 is 0 Å². The molecule has 138 valence electrons. The number of oxime groups is 1. The third-order valence-corrected chi connectivity index (χ3v) is 5.20. The van der Waals surface area contributed by atoms with Crippen molar-refractivity contribution in [3.8, 4) is 0 Å². The maximum absolute atomic E-state index is 12.2. The summed E-state index contributed by atoms with van der Waals surface area (Å²) in [5, 5.41) is 14.3. The molecule has 0 aliphatic heterocycles. The summed E-state index contributed by atoms with van der Waals surface area (Å²) in [6.07, 6.45) is 1.41. The van der Waals surface area contributed by atoms with Gasteiger partial charge in [0.15, 0.2) is 0 Å². The Hall–Kier alpha value is -2.52. The number of hydrogen-bond donors (Lipinski definition) is 0. The van der Waals surface area contributed by atoms with E-state index in [0.717, 1.165) is 18.2 Å². The van der Waals surface area contributed by atoms with Crippen LogP contribution >= 0.6 is 11.6 Å². The van der Waals surface area contributed by atoms with Crippen molar-refractivity contribution in [3.05, 3.63) is 56.6 Å². The van der Waals surface area contributed by atoms with E-state index in [2.05, 4.69) is 9.44 Å². The molecule has 0 bridgehead atoms. The smallest absolute Gasteiger partial charge is 0.288 e. The highest BCUT2D eigenvalue weighted by Crippen LogP contribution is 2.27. The largest absolute Gasteiger partial charge is 0.358 e. The van der Waals surface area contributed by atoms with Gasteiger partial charge in [-0.15, -0.1) is 0 Å². The minimum absolute atomic E-state index is 0.0636. The molecule has 0 atom stereocenters. The van der Waals surface area contributed by atoms with Crippen LogP contribution in [0.4, 0.5) is 5.69 Å². The highest BCUT2D eigenvalue weighted by molar-refractivity contribution is 7.86. The van der Waals surface area contributed by atoms with Gasteiger partial charge in [0, 0.05) is 23.3 Å². The number of carbonyl (C=O) groups is 1. The van der Waals surface area contributed by atoms with Crippen LogP contribution < -0.4 is 0 Å². The number of benzene rings is 1. The van der Waals surface area contributed by atoms with Gasteiger partial charge >= 0.3 is 10.1 Å². The number of nitrogens with zero attached hydrogens (tertiary/aromatic N) is 2. The summed E-state index contributed by atoms with van der Waals surface area (Å²) in [7, 11) is -4.38. The second-order valence-corrected chi connectivity index (χ2v) is 7.69. The number of non-ortho nitro benzene ring substituents is 1. The van der Waals surface area contributed by atoms with Crippen molar-refractivity contribution in [2.24, 2.45) is 11.1 Å². The van der Waals surface area contributed by atoms with Crippen molar-refractivity contribution < 1.29 is 22.4 Å². The molecule has 8 nitrogen and oxygen atoms in total. The Morgan fingerprint density at radius 3 is 2.54 bits per heavy atom. The minimum Gasteiger partial charge on any atom is -0.288 e. The first-order valence-corrected chi connectivity index (χ1v) is 9.22. The molecule has 0 unspecified atom stereocenters. The minimum atomic E-state index is -4.38. The zero-order chi connectivity index (χ0) is 19.6. The van der Waals surface area contributed by atoms with E-state index in [4.69, 9.17) is 11.6 Å². The third-order valence-electron chi connectivity index (χ3n) is 3.64. The number of Topliss-reactive ketones (excluding diaryl/α,β-unsaturated/α-hetero) is 1. The zero-order valence-electron chi connectivity index (χ0n) is 14.1. The van der Waals surface area contributed by atoms with Crippen molar-refractivity contribution in [1.29, 1.82) is 0 Å². The Morgan fingerprint density at radius 2 is 1.96 bits per heavy atom. The lowest BCUT2D eigenvalue weighted by molar-refractivity contribution is -0.385.